The maximum atomic E-state index is 13.7. The number of nitrogens with zero attached hydrogens (tertiary/aromatic N) is 2. The van der Waals surface area contributed by atoms with Gasteiger partial charge in [0.1, 0.15) is 0 Å². The number of hydrogen-bond acceptors (Lipinski definition) is 8. The molecule has 0 aliphatic carbocycles. The quantitative estimate of drug-likeness (QED) is 0.403. The summed E-state index contributed by atoms with van der Waals surface area (Å²) in [5.74, 6) is -1.03. The number of carbonyl (C=O) groups is 2. The third kappa shape index (κ3) is 5.52. The second-order valence-electron chi connectivity index (χ2n) is 7.95. The van der Waals surface area contributed by atoms with Crippen molar-refractivity contribution in [3.8, 4) is 11.5 Å². The van der Waals surface area contributed by atoms with Crippen molar-refractivity contribution >= 4 is 45.3 Å². The van der Waals surface area contributed by atoms with Crippen molar-refractivity contribution in [3.63, 3.8) is 0 Å². The fourth-order valence-corrected chi connectivity index (χ4v) is 5.43. The van der Waals surface area contributed by atoms with Gasteiger partial charge in [0, 0.05) is 4.47 Å². The first-order chi connectivity index (χ1) is 17.7. The van der Waals surface area contributed by atoms with Crippen LogP contribution in [0.1, 0.15) is 31.0 Å². The number of allylic oxidation sites excluding steroid dienone is 1. The lowest BCUT2D eigenvalue weighted by Gasteiger charge is -2.24. The second-order valence-corrected chi connectivity index (χ2v) is 9.87. The lowest BCUT2D eigenvalue weighted by molar-refractivity contribution is -0.140. The molecule has 1 N–H and O–H groups in total. The number of carbonyl (C=O) groups excluding carboxylic acids is 1. The smallest absolute Gasteiger partial charge is 0.341 e. The molecule has 0 unspecified atom stereocenters. The highest BCUT2D eigenvalue weighted by Crippen LogP contribution is 2.32. The summed E-state index contributed by atoms with van der Waals surface area (Å²) in [5.41, 5.74) is 1.86. The lowest BCUT2D eigenvalue weighted by Crippen LogP contribution is -2.39. The topological polar surface area (TPSA) is 116 Å². The third-order valence-corrected chi connectivity index (χ3v) is 6.99. The Balaban J connectivity index is 1.86. The van der Waals surface area contributed by atoms with Crippen LogP contribution in [-0.4, -0.2) is 41.9 Å². The molecular weight excluding hydrogens is 564 g/mol. The molecule has 0 saturated carbocycles. The van der Waals surface area contributed by atoms with Gasteiger partial charge in [-0.3, -0.25) is 9.36 Å². The summed E-state index contributed by atoms with van der Waals surface area (Å²) in [6, 6.07) is 11.6. The van der Waals surface area contributed by atoms with Gasteiger partial charge in [0.2, 0.25) is 0 Å². The first kappa shape index (κ1) is 26.4. The van der Waals surface area contributed by atoms with E-state index >= 15 is 0 Å². The van der Waals surface area contributed by atoms with Gasteiger partial charge >= 0.3 is 11.9 Å². The largest absolute Gasteiger partial charge is 0.493 e. The Morgan fingerprint density at radius 2 is 2.00 bits per heavy atom. The van der Waals surface area contributed by atoms with Crippen molar-refractivity contribution in [3.05, 3.63) is 89.0 Å². The molecule has 11 heteroatoms. The zero-order chi connectivity index (χ0) is 26.7. The molecule has 4 rings (SSSR count). The molecule has 1 aliphatic heterocycles. The molecule has 1 aliphatic rings. The Morgan fingerprint density at radius 3 is 2.68 bits per heavy atom. The van der Waals surface area contributed by atoms with Crippen molar-refractivity contribution in [2.75, 3.05) is 20.3 Å². The fraction of sp³-hybridized carbons (Fsp3) is 0.231. The summed E-state index contributed by atoms with van der Waals surface area (Å²) >= 11 is 4.68. The van der Waals surface area contributed by atoms with Crippen LogP contribution < -0.4 is 24.4 Å². The molecular formula is C26H23BrN2O7S. The number of esters is 1. The molecule has 2 heterocycles. The van der Waals surface area contributed by atoms with Gasteiger partial charge in [-0.15, -0.1) is 0 Å². The zero-order valence-corrected chi connectivity index (χ0v) is 22.6. The highest BCUT2D eigenvalue weighted by Gasteiger charge is 2.33. The minimum atomic E-state index is -1.11. The van der Waals surface area contributed by atoms with Crippen LogP contribution >= 0.6 is 27.3 Å². The molecule has 1 atom stereocenters. The molecule has 2 aromatic carbocycles. The summed E-state index contributed by atoms with van der Waals surface area (Å²) < 4.78 is 18.6. The molecule has 0 spiro atoms. The summed E-state index contributed by atoms with van der Waals surface area (Å²) in [6.07, 6.45) is 1.69. The fourth-order valence-electron chi connectivity index (χ4n) is 3.97. The SMILES string of the molecule is CCOC(=O)C1=C(C)N=c2s/c(=C\c3ccc(OCC(=O)O)c(OC)c3)c(=O)n2[C@H]1c1cccc(Br)c1. The highest BCUT2D eigenvalue weighted by atomic mass is 79.9. The van der Waals surface area contributed by atoms with Crippen LogP contribution in [0, 0.1) is 0 Å². The number of aliphatic carboxylic acids is 1. The molecule has 192 valence electrons. The monoisotopic (exact) mass is 586 g/mol. The molecule has 0 saturated heterocycles. The number of halogens is 1. The predicted molar refractivity (Wildman–Crippen MR) is 141 cm³/mol. The van der Waals surface area contributed by atoms with Crippen molar-refractivity contribution < 1.29 is 28.9 Å². The minimum Gasteiger partial charge on any atom is -0.493 e. The van der Waals surface area contributed by atoms with Crippen LogP contribution in [-0.2, 0) is 14.3 Å². The van der Waals surface area contributed by atoms with E-state index in [2.05, 4.69) is 20.9 Å². The summed E-state index contributed by atoms with van der Waals surface area (Å²) in [7, 11) is 1.44. The normalized spacial score (nSPS) is 15.1. The molecule has 0 radical (unpaired) electrons. The predicted octanol–water partition coefficient (Wildman–Crippen LogP) is 3.03. The van der Waals surface area contributed by atoms with Crippen LogP contribution in [0.25, 0.3) is 6.08 Å². The van der Waals surface area contributed by atoms with Gasteiger partial charge in [-0.05, 0) is 55.3 Å². The molecule has 3 aromatic rings. The van der Waals surface area contributed by atoms with E-state index in [9.17, 15) is 14.4 Å². The van der Waals surface area contributed by atoms with Crippen molar-refractivity contribution in [2.45, 2.75) is 19.9 Å². The van der Waals surface area contributed by atoms with Crippen LogP contribution in [0.3, 0.4) is 0 Å². The van der Waals surface area contributed by atoms with E-state index < -0.39 is 24.6 Å². The van der Waals surface area contributed by atoms with Gasteiger partial charge in [-0.25, -0.2) is 14.6 Å². The Hall–Kier alpha value is -3.70. The third-order valence-electron chi connectivity index (χ3n) is 5.52. The lowest BCUT2D eigenvalue weighted by atomic mass is 9.96. The summed E-state index contributed by atoms with van der Waals surface area (Å²) in [6.45, 7) is 3.14. The first-order valence-corrected chi connectivity index (χ1v) is 12.8. The van der Waals surface area contributed by atoms with E-state index in [1.807, 2.05) is 24.3 Å². The molecule has 1 aromatic heterocycles. The van der Waals surface area contributed by atoms with E-state index in [4.69, 9.17) is 19.3 Å². The minimum absolute atomic E-state index is 0.194. The van der Waals surface area contributed by atoms with E-state index in [0.29, 0.717) is 31.9 Å². The van der Waals surface area contributed by atoms with E-state index in [1.54, 1.807) is 38.1 Å². The first-order valence-electron chi connectivity index (χ1n) is 11.2. The molecule has 9 nitrogen and oxygen atoms in total. The Morgan fingerprint density at radius 1 is 1.22 bits per heavy atom. The Kier molecular flexibility index (Phi) is 7.94. The number of rotatable bonds is 8. The number of carboxylic acid groups (broad SMARTS) is 1. The summed E-state index contributed by atoms with van der Waals surface area (Å²) in [5, 5.41) is 8.87. The number of carboxylic acids is 1. The molecule has 0 fully saturated rings. The highest BCUT2D eigenvalue weighted by molar-refractivity contribution is 9.10. The number of benzene rings is 2. The molecule has 0 amide bonds. The number of thiazole rings is 1. The van der Waals surface area contributed by atoms with Gasteiger partial charge in [0.15, 0.2) is 22.9 Å². The second kappa shape index (κ2) is 11.1. The van der Waals surface area contributed by atoms with Gasteiger partial charge < -0.3 is 19.3 Å². The standard InChI is InChI=1S/C26H23BrN2O7S/c1-4-35-25(33)22-14(2)28-26-29(23(22)16-6-5-7-17(27)12-16)24(32)20(37-26)11-15-8-9-18(19(10-15)34-3)36-13-21(30)31/h5-12,23H,4,13H2,1-3H3,(H,30,31)/b20-11-/t23-/m0/s1. The summed E-state index contributed by atoms with van der Waals surface area (Å²) in [4.78, 5) is 42.5. The van der Waals surface area contributed by atoms with E-state index in [0.717, 1.165) is 10.0 Å². The van der Waals surface area contributed by atoms with Crippen molar-refractivity contribution in [1.29, 1.82) is 0 Å². The van der Waals surface area contributed by atoms with Gasteiger partial charge in [0.05, 0.1) is 35.6 Å². The average Bonchev–Trinajstić information content (AvgIpc) is 3.16. The van der Waals surface area contributed by atoms with E-state index in [-0.39, 0.29) is 17.9 Å². The van der Waals surface area contributed by atoms with Gasteiger partial charge in [0.25, 0.3) is 5.56 Å². The number of hydrogen-bond donors (Lipinski definition) is 1. The van der Waals surface area contributed by atoms with Crippen LogP contribution in [0.2, 0.25) is 0 Å². The molecule has 0 bridgehead atoms. The average molecular weight is 587 g/mol. The van der Waals surface area contributed by atoms with Crippen molar-refractivity contribution in [2.24, 2.45) is 4.99 Å². The maximum absolute atomic E-state index is 13.7. The van der Waals surface area contributed by atoms with Gasteiger partial charge in [-0.2, -0.15) is 0 Å². The van der Waals surface area contributed by atoms with Crippen molar-refractivity contribution in [1.82, 2.24) is 4.57 Å². The molecule has 37 heavy (non-hydrogen) atoms. The van der Waals surface area contributed by atoms with Crippen LogP contribution in [0.15, 0.2) is 68.0 Å². The van der Waals surface area contributed by atoms with E-state index in [1.165, 1.54) is 23.0 Å². The Labute approximate surface area is 224 Å². The Bertz CT molecular complexity index is 1590. The van der Waals surface area contributed by atoms with Gasteiger partial charge in [-0.1, -0.05) is 45.5 Å². The number of fused-ring (bicyclic) bond motifs is 1. The number of aromatic nitrogens is 1. The van der Waals surface area contributed by atoms with Crippen LogP contribution in [0.4, 0.5) is 0 Å². The number of ether oxygens (including phenoxy) is 3. The zero-order valence-electron chi connectivity index (χ0n) is 20.2. The number of methoxy groups -OCH3 is 1. The maximum Gasteiger partial charge on any atom is 0.341 e. The van der Waals surface area contributed by atoms with Crippen LogP contribution in [0.5, 0.6) is 11.5 Å².